The number of anilines is 1. The second-order valence-corrected chi connectivity index (χ2v) is 12.2. The number of benzene rings is 2. The molecule has 3 N–H and O–H groups in total. The Hall–Kier alpha value is -1.53. The van der Waals surface area contributed by atoms with Crippen LogP contribution in [-0.2, 0) is 15.1 Å². The quantitative estimate of drug-likeness (QED) is 0.410. The SMILES string of the molecule is CCC(CC)(c1ccc2c(c1)C(C)(C)[C@H]1COc3c(OC)cc(Br)cc3[C@H]1N2)P(=O)(O)O. The fraction of sp³-hybridized carbons (Fsp3) is 0.500. The molecule has 0 spiro atoms. The molecule has 4 rings (SSSR count). The van der Waals surface area contributed by atoms with E-state index in [0.29, 0.717) is 30.8 Å². The number of methoxy groups -OCH3 is 1. The second-order valence-electron chi connectivity index (χ2n) is 9.33. The van der Waals surface area contributed by atoms with Crippen molar-refractivity contribution in [3.63, 3.8) is 0 Å². The van der Waals surface area contributed by atoms with E-state index in [1.807, 2.05) is 38.1 Å². The van der Waals surface area contributed by atoms with E-state index >= 15 is 0 Å². The Labute approximate surface area is 198 Å². The van der Waals surface area contributed by atoms with Gasteiger partial charge >= 0.3 is 7.60 Å². The molecule has 0 bridgehead atoms. The molecule has 0 amide bonds. The Bertz CT molecular complexity index is 1090. The van der Waals surface area contributed by atoms with E-state index in [9.17, 15) is 14.4 Å². The van der Waals surface area contributed by atoms with Gasteiger partial charge in [-0.05, 0) is 42.2 Å². The third-order valence-electron chi connectivity index (χ3n) is 7.63. The van der Waals surface area contributed by atoms with E-state index in [1.165, 1.54) is 0 Å². The lowest BCUT2D eigenvalue weighted by molar-refractivity contribution is 0.131. The minimum absolute atomic E-state index is 0.0300. The zero-order chi connectivity index (χ0) is 23.5. The van der Waals surface area contributed by atoms with Gasteiger partial charge < -0.3 is 24.6 Å². The summed E-state index contributed by atoms with van der Waals surface area (Å²) < 4.78 is 25.2. The minimum atomic E-state index is -4.36. The monoisotopic (exact) mass is 523 g/mol. The van der Waals surface area contributed by atoms with Crippen molar-refractivity contribution in [2.45, 2.75) is 57.1 Å². The first-order valence-corrected chi connectivity index (χ1v) is 13.4. The van der Waals surface area contributed by atoms with Crippen LogP contribution in [0.15, 0.2) is 34.8 Å². The van der Waals surface area contributed by atoms with Crippen LogP contribution in [-0.4, -0.2) is 23.5 Å². The lowest BCUT2D eigenvalue weighted by atomic mass is 9.65. The van der Waals surface area contributed by atoms with Gasteiger partial charge in [-0.25, -0.2) is 0 Å². The van der Waals surface area contributed by atoms with Crippen molar-refractivity contribution in [3.8, 4) is 11.5 Å². The first-order chi connectivity index (χ1) is 15.0. The van der Waals surface area contributed by atoms with Crippen molar-refractivity contribution in [1.82, 2.24) is 0 Å². The van der Waals surface area contributed by atoms with Crippen LogP contribution in [0.4, 0.5) is 5.69 Å². The van der Waals surface area contributed by atoms with Crippen molar-refractivity contribution in [2.75, 3.05) is 19.0 Å². The summed E-state index contributed by atoms with van der Waals surface area (Å²) in [6.07, 6.45) is 0.744. The lowest BCUT2D eigenvalue weighted by Crippen LogP contribution is -2.46. The van der Waals surface area contributed by atoms with Gasteiger partial charge in [-0.15, -0.1) is 0 Å². The van der Waals surface area contributed by atoms with Crippen LogP contribution in [0.25, 0.3) is 0 Å². The van der Waals surface area contributed by atoms with E-state index in [4.69, 9.17) is 9.47 Å². The van der Waals surface area contributed by atoms with Gasteiger partial charge in [0.1, 0.15) is 0 Å². The van der Waals surface area contributed by atoms with Crippen molar-refractivity contribution >= 4 is 29.2 Å². The molecule has 0 fully saturated rings. The Morgan fingerprint density at radius 2 is 1.94 bits per heavy atom. The predicted molar refractivity (Wildman–Crippen MR) is 130 cm³/mol. The fourth-order valence-corrected chi connectivity index (χ4v) is 7.27. The summed E-state index contributed by atoms with van der Waals surface area (Å²) in [5.41, 5.74) is 3.51. The van der Waals surface area contributed by atoms with Crippen LogP contribution in [0.1, 0.15) is 63.3 Å². The van der Waals surface area contributed by atoms with Crippen molar-refractivity contribution in [1.29, 1.82) is 0 Å². The molecule has 8 heteroatoms. The van der Waals surface area contributed by atoms with Gasteiger partial charge in [-0.3, -0.25) is 4.57 Å². The highest BCUT2D eigenvalue weighted by atomic mass is 79.9. The predicted octanol–water partition coefficient (Wildman–Crippen LogP) is 6.10. The third-order valence-corrected chi connectivity index (χ3v) is 10.1. The summed E-state index contributed by atoms with van der Waals surface area (Å²) in [6, 6.07) is 9.86. The molecular formula is C24H31BrNO5P. The van der Waals surface area contributed by atoms with Gasteiger partial charge in [0.15, 0.2) is 11.5 Å². The average molecular weight is 524 g/mol. The minimum Gasteiger partial charge on any atom is -0.493 e. The average Bonchev–Trinajstić information content (AvgIpc) is 2.73. The maximum absolute atomic E-state index is 12.5. The maximum Gasteiger partial charge on any atom is 0.335 e. The number of ether oxygens (including phenoxy) is 2. The molecule has 32 heavy (non-hydrogen) atoms. The number of halogens is 1. The van der Waals surface area contributed by atoms with Crippen LogP contribution >= 0.6 is 23.5 Å². The summed E-state index contributed by atoms with van der Waals surface area (Å²) in [5.74, 6) is 1.59. The van der Waals surface area contributed by atoms with Crippen molar-refractivity contribution in [2.24, 2.45) is 5.92 Å². The van der Waals surface area contributed by atoms with Gasteiger partial charge in [0, 0.05) is 27.1 Å². The molecule has 2 aromatic rings. The largest absolute Gasteiger partial charge is 0.493 e. The molecule has 0 saturated heterocycles. The highest BCUT2D eigenvalue weighted by Gasteiger charge is 2.49. The van der Waals surface area contributed by atoms with Gasteiger partial charge in [-0.2, -0.15) is 0 Å². The summed E-state index contributed by atoms with van der Waals surface area (Å²) in [6.45, 7) is 8.59. The standard InChI is InChI=1S/C24H31BrNO5P/c1-6-24(7-2,32(27,28)29)14-8-9-19-17(10-14)23(3,4)18-13-31-22-16(21(18)26-19)11-15(25)12-20(22)30-5/h8-12,18,21,26H,6-7,13H2,1-5H3,(H2,27,28,29)/t18-,21+/m0/s1. The lowest BCUT2D eigenvalue weighted by Gasteiger charge is -2.49. The first-order valence-electron chi connectivity index (χ1n) is 11.0. The van der Waals surface area contributed by atoms with E-state index in [2.05, 4.69) is 41.2 Å². The molecule has 2 aliphatic heterocycles. The van der Waals surface area contributed by atoms with Crippen LogP contribution in [0.2, 0.25) is 0 Å². The Morgan fingerprint density at radius 3 is 2.53 bits per heavy atom. The molecule has 0 saturated carbocycles. The molecule has 6 nitrogen and oxygen atoms in total. The van der Waals surface area contributed by atoms with Crippen molar-refractivity contribution in [3.05, 3.63) is 51.5 Å². The third kappa shape index (κ3) is 3.40. The maximum atomic E-state index is 12.5. The van der Waals surface area contributed by atoms with Crippen LogP contribution in [0.3, 0.4) is 0 Å². The highest BCUT2D eigenvalue weighted by molar-refractivity contribution is 9.10. The van der Waals surface area contributed by atoms with Crippen LogP contribution in [0.5, 0.6) is 11.5 Å². The van der Waals surface area contributed by atoms with E-state index in [1.54, 1.807) is 7.11 Å². The van der Waals surface area contributed by atoms with E-state index < -0.39 is 12.8 Å². The van der Waals surface area contributed by atoms with Gasteiger partial charge in [0.2, 0.25) is 0 Å². The fourth-order valence-electron chi connectivity index (χ4n) is 5.51. The normalized spacial score (nSPS) is 21.5. The summed E-state index contributed by atoms with van der Waals surface area (Å²) in [5, 5.41) is 2.51. The Morgan fingerprint density at radius 1 is 1.25 bits per heavy atom. The topological polar surface area (TPSA) is 88.0 Å². The molecule has 2 aromatic carbocycles. The molecule has 2 aliphatic rings. The van der Waals surface area contributed by atoms with E-state index in [-0.39, 0.29) is 17.4 Å². The molecule has 0 aromatic heterocycles. The second kappa shape index (κ2) is 8.05. The number of fused-ring (bicyclic) bond motifs is 4. The number of nitrogens with one attached hydrogen (secondary N) is 1. The first kappa shape index (κ1) is 23.6. The molecule has 2 atom stereocenters. The van der Waals surface area contributed by atoms with E-state index in [0.717, 1.165) is 27.0 Å². The van der Waals surface area contributed by atoms with Crippen LogP contribution < -0.4 is 14.8 Å². The molecule has 0 unspecified atom stereocenters. The van der Waals surface area contributed by atoms with Gasteiger partial charge in [0.05, 0.1) is 24.9 Å². The molecular weight excluding hydrogens is 493 g/mol. The molecule has 2 heterocycles. The molecule has 0 aliphatic carbocycles. The van der Waals surface area contributed by atoms with Crippen molar-refractivity contribution < 1.29 is 23.8 Å². The zero-order valence-electron chi connectivity index (χ0n) is 19.1. The van der Waals surface area contributed by atoms with Gasteiger partial charge in [-0.1, -0.05) is 55.8 Å². The Kier molecular flexibility index (Phi) is 5.94. The summed E-state index contributed by atoms with van der Waals surface area (Å²) >= 11 is 3.59. The number of hydrogen-bond donors (Lipinski definition) is 3. The summed E-state index contributed by atoms with van der Waals surface area (Å²) in [7, 11) is -2.72. The smallest absolute Gasteiger partial charge is 0.335 e. The number of rotatable bonds is 5. The highest BCUT2D eigenvalue weighted by Crippen LogP contribution is 2.62. The zero-order valence-corrected chi connectivity index (χ0v) is 21.6. The number of hydrogen-bond acceptors (Lipinski definition) is 4. The molecule has 0 radical (unpaired) electrons. The Balaban J connectivity index is 1.85. The summed E-state index contributed by atoms with van der Waals surface area (Å²) in [4.78, 5) is 20.5. The van der Waals surface area contributed by atoms with Gasteiger partial charge in [0.25, 0.3) is 0 Å². The molecule has 174 valence electrons. The van der Waals surface area contributed by atoms with Crippen LogP contribution in [0, 0.1) is 5.92 Å².